The fourth-order valence-electron chi connectivity index (χ4n) is 2.38. The van der Waals surface area contributed by atoms with E-state index in [1.54, 1.807) is 0 Å². The van der Waals surface area contributed by atoms with Crippen LogP contribution in [0.5, 0.6) is 0 Å². The van der Waals surface area contributed by atoms with Crippen LogP contribution in [0.2, 0.25) is 0 Å². The lowest BCUT2D eigenvalue weighted by Gasteiger charge is -2.38. The molecule has 1 atom stereocenters. The van der Waals surface area contributed by atoms with Crippen LogP contribution in [0, 0.1) is 10.1 Å². The zero-order valence-electron chi connectivity index (χ0n) is 11.7. The average Bonchev–Trinajstić information content (AvgIpc) is 2.46. The maximum absolute atomic E-state index is 12.6. The smallest absolute Gasteiger partial charge is 0.269 e. The standard InChI is InChI=1S/C12H18N4O4S/c1-14-6-7-15(11(8-13)9-14)21(19,20)12-4-2-10(3-5-12)16(17)18/h2-5,11H,6-9,13H2,1H3. The molecular weight excluding hydrogens is 296 g/mol. The number of non-ortho nitro benzene ring substituents is 1. The summed E-state index contributed by atoms with van der Waals surface area (Å²) in [6.07, 6.45) is 0. The number of nitrogens with zero attached hydrogens (tertiary/aromatic N) is 3. The van der Waals surface area contributed by atoms with Crippen LogP contribution in [0.1, 0.15) is 0 Å². The minimum absolute atomic E-state index is 0.0519. The molecule has 1 aromatic rings. The van der Waals surface area contributed by atoms with E-state index in [4.69, 9.17) is 5.73 Å². The predicted octanol–water partition coefficient (Wildman–Crippen LogP) is -0.142. The Morgan fingerprint density at radius 3 is 2.48 bits per heavy atom. The normalized spacial score (nSPS) is 21.3. The van der Waals surface area contributed by atoms with Crippen molar-refractivity contribution >= 4 is 15.7 Å². The summed E-state index contributed by atoms with van der Waals surface area (Å²) < 4.78 is 26.6. The zero-order valence-corrected chi connectivity index (χ0v) is 12.5. The van der Waals surface area contributed by atoms with E-state index in [0.717, 1.165) is 0 Å². The fraction of sp³-hybridized carbons (Fsp3) is 0.500. The van der Waals surface area contributed by atoms with Crippen LogP contribution in [0.15, 0.2) is 29.2 Å². The van der Waals surface area contributed by atoms with Crippen molar-refractivity contribution in [2.45, 2.75) is 10.9 Å². The number of piperazine rings is 1. The molecule has 1 heterocycles. The summed E-state index contributed by atoms with van der Waals surface area (Å²) in [5.41, 5.74) is 5.54. The molecule has 2 N–H and O–H groups in total. The summed E-state index contributed by atoms with van der Waals surface area (Å²) in [6.45, 7) is 1.79. The third kappa shape index (κ3) is 3.21. The molecule has 1 saturated heterocycles. The van der Waals surface area contributed by atoms with E-state index in [2.05, 4.69) is 0 Å². The SMILES string of the molecule is CN1CCN(S(=O)(=O)c2ccc([N+](=O)[O-])cc2)C(CN)C1. The number of hydrogen-bond donors (Lipinski definition) is 1. The van der Waals surface area contributed by atoms with Crippen LogP contribution in [-0.4, -0.2) is 61.8 Å². The molecule has 1 aromatic carbocycles. The number of likely N-dealkylation sites (N-methyl/N-ethyl adjacent to an activating group) is 1. The van der Waals surface area contributed by atoms with Crippen LogP contribution in [0.4, 0.5) is 5.69 Å². The molecule has 1 aliphatic rings. The summed E-state index contributed by atoms with van der Waals surface area (Å²) in [5, 5.41) is 10.6. The molecule has 1 unspecified atom stereocenters. The van der Waals surface area contributed by atoms with Crippen molar-refractivity contribution in [3.05, 3.63) is 34.4 Å². The van der Waals surface area contributed by atoms with Crippen molar-refractivity contribution in [1.29, 1.82) is 0 Å². The van der Waals surface area contributed by atoms with Gasteiger partial charge in [0.25, 0.3) is 5.69 Å². The second-order valence-corrected chi connectivity index (χ2v) is 6.91. The second-order valence-electron chi connectivity index (χ2n) is 5.02. The molecule has 0 aliphatic carbocycles. The minimum Gasteiger partial charge on any atom is -0.329 e. The molecule has 0 spiro atoms. The van der Waals surface area contributed by atoms with Gasteiger partial charge in [-0.15, -0.1) is 0 Å². The largest absolute Gasteiger partial charge is 0.329 e. The third-order valence-electron chi connectivity index (χ3n) is 3.56. The molecule has 0 radical (unpaired) electrons. The van der Waals surface area contributed by atoms with Crippen LogP contribution >= 0.6 is 0 Å². The lowest BCUT2D eigenvalue weighted by Crippen LogP contribution is -2.56. The summed E-state index contributed by atoms with van der Waals surface area (Å²) in [5.74, 6) is 0. The molecule has 116 valence electrons. The first-order valence-electron chi connectivity index (χ1n) is 6.51. The van der Waals surface area contributed by atoms with E-state index in [1.807, 2.05) is 11.9 Å². The fourth-order valence-corrected chi connectivity index (χ4v) is 4.00. The van der Waals surface area contributed by atoms with Gasteiger partial charge in [-0.1, -0.05) is 0 Å². The molecule has 1 fully saturated rings. The van der Waals surface area contributed by atoms with Crippen molar-refractivity contribution < 1.29 is 13.3 Å². The first-order valence-corrected chi connectivity index (χ1v) is 7.95. The van der Waals surface area contributed by atoms with Gasteiger partial charge in [-0.2, -0.15) is 4.31 Å². The van der Waals surface area contributed by atoms with E-state index in [1.165, 1.54) is 28.6 Å². The van der Waals surface area contributed by atoms with Gasteiger partial charge >= 0.3 is 0 Å². The van der Waals surface area contributed by atoms with Gasteiger partial charge in [-0.3, -0.25) is 10.1 Å². The van der Waals surface area contributed by atoms with Crippen LogP contribution in [-0.2, 0) is 10.0 Å². The number of nitro benzene ring substituents is 1. The second kappa shape index (κ2) is 6.06. The van der Waals surface area contributed by atoms with E-state index in [9.17, 15) is 18.5 Å². The molecule has 21 heavy (non-hydrogen) atoms. The minimum atomic E-state index is -3.69. The predicted molar refractivity (Wildman–Crippen MR) is 77.3 cm³/mol. The highest BCUT2D eigenvalue weighted by Gasteiger charge is 2.34. The molecule has 0 saturated carbocycles. The van der Waals surface area contributed by atoms with Gasteiger partial charge in [0.2, 0.25) is 10.0 Å². The first-order chi connectivity index (χ1) is 9.86. The van der Waals surface area contributed by atoms with Gasteiger partial charge < -0.3 is 10.6 Å². The van der Waals surface area contributed by atoms with Gasteiger partial charge in [-0.05, 0) is 19.2 Å². The quantitative estimate of drug-likeness (QED) is 0.612. The topological polar surface area (TPSA) is 110 Å². The van der Waals surface area contributed by atoms with Crippen LogP contribution < -0.4 is 5.73 Å². The number of benzene rings is 1. The number of sulfonamides is 1. The first kappa shape index (κ1) is 15.8. The molecule has 1 aliphatic heterocycles. The van der Waals surface area contributed by atoms with E-state index < -0.39 is 14.9 Å². The van der Waals surface area contributed by atoms with E-state index in [0.29, 0.717) is 19.6 Å². The van der Waals surface area contributed by atoms with Crippen molar-refractivity contribution in [2.24, 2.45) is 5.73 Å². The summed E-state index contributed by atoms with van der Waals surface area (Å²) >= 11 is 0. The summed E-state index contributed by atoms with van der Waals surface area (Å²) in [4.78, 5) is 12.1. The summed E-state index contributed by atoms with van der Waals surface area (Å²) in [6, 6.07) is 4.63. The summed E-state index contributed by atoms with van der Waals surface area (Å²) in [7, 11) is -1.77. The highest BCUT2D eigenvalue weighted by molar-refractivity contribution is 7.89. The van der Waals surface area contributed by atoms with Crippen LogP contribution in [0.25, 0.3) is 0 Å². The van der Waals surface area contributed by atoms with Crippen LogP contribution in [0.3, 0.4) is 0 Å². The number of hydrogen-bond acceptors (Lipinski definition) is 6. The molecule has 0 bridgehead atoms. The highest BCUT2D eigenvalue weighted by Crippen LogP contribution is 2.22. The van der Waals surface area contributed by atoms with E-state index in [-0.39, 0.29) is 23.2 Å². The Bertz CT molecular complexity index is 617. The molecule has 0 amide bonds. The number of rotatable bonds is 4. The zero-order chi connectivity index (χ0) is 15.6. The Morgan fingerprint density at radius 2 is 1.95 bits per heavy atom. The molecular formula is C12H18N4O4S. The molecule has 8 nitrogen and oxygen atoms in total. The Kier molecular flexibility index (Phi) is 4.57. The Labute approximate surface area is 123 Å². The highest BCUT2D eigenvalue weighted by atomic mass is 32.2. The van der Waals surface area contributed by atoms with Crippen molar-refractivity contribution in [3.8, 4) is 0 Å². The third-order valence-corrected chi connectivity index (χ3v) is 5.52. The van der Waals surface area contributed by atoms with E-state index >= 15 is 0 Å². The number of nitrogens with two attached hydrogens (primary N) is 1. The number of nitro groups is 1. The Morgan fingerprint density at radius 1 is 1.33 bits per heavy atom. The molecule has 9 heteroatoms. The molecule has 2 rings (SSSR count). The lowest BCUT2D eigenvalue weighted by molar-refractivity contribution is -0.384. The van der Waals surface area contributed by atoms with Gasteiger partial charge in [0, 0.05) is 38.3 Å². The maximum Gasteiger partial charge on any atom is 0.269 e. The monoisotopic (exact) mass is 314 g/mol. The van der Waals surface area contributed by atoms with Gasteiger partial charge in [-0.25, -0.2) is 8.42 Å². The Hall–Kier alpha value is -1.55. The van der Waals surface area contributed by atoms with Crippen molar-refractivity contribution in [2.75, 3.05) is 33.2 Å². The van der Waals surface area contributed by atoms with Crippen molar-refractivity contribution in [1.82, 2.24) is 9.21 Å². The molecule has 0 aromatic heterocycles. The van der Waals surface area contributed by atoms with Gasteiger partial charge in [0.1, 0.15) is 0 Å². The van der Waals surface area contributed by atoms with Gasteiger partial charge in [0.05, 0.1) is 15.9 Å². The van der Waals surface area contributed by atoms with Gasteiger partial charge in [0.15, 0.2) is 0 Å². The van der Waals surface area contributed by atoms with Crippen molar-refractivity contribution in [3.63, 3.8) is 0 Å². The maximum atomic E-state index is 12.6. The lowest BCUT2D eigenvalue weighted by atomic mass is 10.2. The average molecular weight is 314 g/mol. The Balaban J connectivity index is 2.30.